The monoisotopic (exact) mass is 237 g/mol. The first-order valence-corrected chi connectivity index (χ1v) is 6.87. The maximum Gasteiger partial charge on any atom is 0.0661 e. The van der Waals surface area contributed by atoms with Gasteiger partial charge in [0, 0.05) is 18.8 Å². The highest BCUT2D eigenvalue weighted by molar-refractivity contribution is 5.08. The van der Waals surface area contributed by atoms with Crippen LogP contribution in [0.2, 0.25) is 0 Å². The van der Waals surface area contributed by atoms with Gasteiger partial charge in [-0.05, 0) is 32.9 Å². The molecule has 1 atom stereocenters. The Morgan fingerprint density at radius 1 is 1.29 bits per heavy atom. The molecule has 1 saturated heterocycles. The molecule has 1 aliphatic rings. The van der Waals surface area contributed by atoms with Gasteiger partial charge >= 0.3 is 0 Å². The van der Waals surface area contributed by atoms with E-state index in [0.29, 0.717) is 6.04 Å². The summed E-state index contributed by atoms with van der Waals surface area (Å²) < 4.78 is 2.20. The molecule has 3 nitrogen and oxygen atoms in total. The van der Waals surface area contributed by atoms with Gasteiger partial charge in [0.15, 0.2) is 0 Å². The molecular weight excluding hydrogens is 210 g/mol. The molecule has 98 valence electrons. The Morgan fingerprint density at radius 2 is 1.94 bits per heavy atom. The van der Waals surface area contributed by atoms with E-state index in [0.717, 1.165) is 12.2 Å². The molecule has 1 aliphatic heterocycles. The number of likely N-dealkylation sites (N-methyl/N-ethyl adjacent to an activating group) is 1. The van der Waals surface area contributed by atoms with Crippen LogP contribution in [-0.4, -0.2) is 34.3 Å². The number of hydrogen-bond acceptors (Lipinski definition) is 2. The van der Waals surface area contributed by atoms with Crippen molar-refractivity contribution < 1.29 is 0 Å². The Morgan fingerprint density at radius 3 is 2.35 bits per heavy atom. The van der Waals surface area contributed by atoms with Crippen molar-refractivity contribution >= 4 is 0 Å². The second-order valence-electron chi connectivity index (χ2n) is 4.91. The highest BCUT2D eigenvalue weighted by Crippen LogP contribution is 2.22. The highest BCUT2D eigenvalue weighted by atomic mass is 15.3. The van der Waals surface area contributed by atoms with E-state index in [2.05, 4.69) is 55.4 Å². The van der Waals surface area contributed by atoms with Crippen LogP contribution < -0.4 is 0 Å². The molecule has 0 spiro atoms. The first-order chi connectivity index (χ1) is 8.12. The van der Waals surface area contributed by atoms with Crippen molar-refractivity contribution in [3.05, 3.63) is 17.5 Å². The predicted octanol–water partition coefficient (Wildman–Crippen LogP) is 3.18. The maximum atomic E-state index is 4.55. The molecule has 0 radical (unpaired) electrons. The zero-order valence-corrected chi connectivity index (χ0v) is 12.0. The molecule has 0 aliphatic carbocycles. The Hall–Kier alpha value is -0.830. The highest BCUT2D eigenvalue weighted by Gasteiger charge is 2.24. The lowest BCUT2D eigenvalue weighted by atomic mass is 10.2. The molecule has 0 N–H and O–H groups in total. The summed E-state index contributed by atoms with van der Waals surface area (Å²) in [6, 6.07) is 2.76. The van der Waals surface area contributed by atoms with Crippen molar-refractivity contribution in [3.63, 3.8) is 0 Å². The molecule has 2 rings (SSSR count). The maximum absolute atomic E-state index is 4.55. The SMILES string of the molecule is CCC.CCN1CCC(n2nc(C)cc2C)C1. The standard InChI is InChI=1S/C11H19N3.C3H8/c1-4-13-6-5-11(8-13)14-10(3)7-9(2)12-14;1-3-2/h7,11H,4-6,8H2,1-3H3;3H2,1-2H3. The first-order valence-electron chi connectivity index (χ1n) is 6.87. The van der Waals surface area contributed by atoms with Gasteiger partial charge in [-0.25, -0.2) is 0 Å². The van der Waals surface area contributed by atoms with Gasteiger partial charge in [-0.1, -0.05) is 27.2 Å². The Kier molecular flexibility index (Phi) is 5.69. The summed E-state index contributed by atoms with van der Waals surface area (Å²) in [4.78, 5) is 2.49. The molecule has 1 aromatic rings. The summed E-state index contributed by atoms with van der Waals surface area (Å²) in [6.07, 6.45) is 2.50. The fourth-order valence-electron chi connectivity index (χ4n) is 2.31. The molecule has 0 amide bonds. The lowest BCUT2D eigenvalue weighted by molar-refractivity contribution is 0.334. The van der Waals surface area contributed by atoms with Crippen LogP contribution in [0.5, 0.6) is 0 Å². The van der Waals surface area contributed by atoms with Crippen LogP contribution in [0.1, 0.15) is 51.0 Å². The molecule has 3 heteroatoms. The average molecular weight is 237 g/mol. The van der Waals surface area contributed by atoms with Crippen LogP contribution >= 0.6 is 0 Å². The molecule has 2 heterocycles. The third-order valence-corrected chi connectivity index (χ3v) is 3.09. The molecule has 17 heavy (non-hydrogen) atoms. The van der Waals surface area contributed by atoms with E-state index in [1.54, 1.807) is 0 Å². The van der Waals surface area contributed by atoms with Crippen molar-refractivity contribution in [1.82, 2.24) is 14.7 Å². The Bertz CT molecular complexity index is 330. The van der Waals surface area contributed by atoms with Crippen LogP contribution in [-0.2, 0) is 0 Å². The van der Waals surface area contributed by atoms with E-state index in [9.17, 15) is 0 Å². The zero-order chi connectivity index (χ0) is 12.8. The fourth-order valence-corrected chi connectivity index (χ4v) is 2.31. The lowest BCUT2D eigenvalue weighted by Gasteiger charge is -2.14. The number of likely N-dealkylation sites (tertiary alicyclic amines) is 1. The summed E-state index contributed by atoms with van der Waals surface area (Å²) in [7, 11) is 0. The summed E-state index contributed by atoms with van der Waals surface area (Å²) in [5.74, 6) is 0. The van der Waals surface area contributed by atoms with Crippen molar-refractivity contribution in [2.45, 2.75) is 53.5 Å². The van der Waals surface area contributed by atoms with Crippen LogP contribution in [0.4, 0.5) is 0 Å². The third kappa shape index (κ3) is 3.84. The fraction of sp³-hybridized carbons (Fsp3) is 0.786. The van der Waals surface area contributed by atoms with E-state index in [4.69, 9.17) is 0 Å². The van der Waals surface area contributed by atoms with E-state index in [1.165, 1.54) is 31.6 Å². The molecular formula is C14H27N3. The molecule has 1 fully saturated rings. The summed E-state index contributed by atoms with van der Waals surface area (Å²) in [5, 5.41) is 4.55. The van der Waals surface area contributed by atoms with Gasteiger partial charge in [-0.15, -0.1) is 0 Å². The van der Waals surface area contributed by atoms with E-state index < -0.39 is 0 Å². The minimum Gasteiger partial charge on any atom is -0.301 e. The summed E-state index contributed by atoms with van der Waals surface area (Å²) in [5.41, 5.74) is 2.43. The van der Waals surface area contributed by atoms with Crippen molar-refractivity contribution in [2.24, 2.45) is 0 Å². The summed E-state index contributed by atoms with van der Waals surface area (Å²) >= 11 is 0. The van der Waals surface area contributed by atoms with Crippen LogP contribution in [0.25, 0.3) is 0 Å². The molecule has 0 bridgehead atoms. The topological polar surface area (TPSA) is 21.1 Å². The quantitative estimate of drug-likeness (QED) is 0.787. The van der Waals surface area contributed by atoms with Crippen LogP contribution in [0.15, 0.2) is 6.07 Å². The minimum atomic E-state index is 0.601. The van der Waals surface area contributed by atoms with Crippen molar-refractivity contribution in [1.29, 1.82) is 0 Å². The number of aryl methyl sites for hydroxylation is 2. The predicted molar refractivity (Wildman–Crippen MR) is 73.4 cm³/mol. The average Bonchev–Trinajstić information content (AvgIpc) is 2.85. The molecule has 1 unspecified atom stereocenters. The van der Waals surface area contributed by atoms with Crippen LogP contribution in [0, 0.1) is 13.8 Å². The van der Waals surface area contributed by atoms with E-state index in [-0.39, 0.29) is 0 Å². The van der Waals surface area contributed by atoms with Crippen molar-refractivity contribution in [3.8, 4) is 0 Å². The minimum absolute atomic E-state index is 0.601. The molecule has 0 saturated carbocycles. The largest absolute Gasteiger partial charge is 0.301 e. The lowest BCUT2D eigenvalue weighted by Crippen LogP contribution is -2.21. The number of rotatable bonds is 2. The number of aromatic nitrogens is 2. The van der Waals surface area contributed by atoms with Gasteiger partial charge in [-0.3, -0.25) is 4.68 Å². The molecule has 0 aromatic carbocycles. The molecule has 1 aromatic heterocycles. The van der Waals surface area contributed by atoms with Gasteiger partial charge < -0.3 is 4.90 Å². The Balaban J connectivity index is 0.000000437. The first kappa shape index (κ1) is 14.2. The second-order valence-corrected chi connectivity index (χ2v) is 4.91. The second kappa shape index (κ2) is 6.80. The smallest absolute Gasteiger partial charge is 0.0661 e. The zero-order valence-electron chi connectivity index (χ0n) is 12.0. The summed E-state index contributed by atoms with van der Waals surface area (Å²) in [6.45, 7) is 14.2. The number of hydrogen-bond donors (Lipinski definition) is 0. The number of nitrogens with zero attached hydrogens (tertiary/aromatic N) is 3. The third-order valence-electron chi connectivity index (χ3n) is 3.09. The van der Waals surface area contributed by atoms with Gasteiger partial charge in [-0.2, -0.15) is 5.10 Å². The van der Waals surface area contributed by atoms with E-state index >= 15 is 0 Å². The van der Waals surface area contributed by atoms with Crippen LogP contribution in [0.3, 0.4) is 0 Å². The normalized spacial score (nSPS) is 20.2. The Labute approximate surface area is 106 Å². The van der Waals surface area contributed by atoms with E-state index in [1.807, 2.05) is 0 Å². The van der Waals surface area contributed by atoms with Gasteiger partial charge in [0.2, 0.25) is 0 Å². The van der Waals surface area contributed by atoms with Gasteiger partial charge in [0.05, 0.1) is 11.7 Å². The van der Waals surface area contributed by atoms with Gasteiger partial charge in [0.25, 0.3) is 0 Å². The van der Waals surface area contributed by atoms with Crippen molar-refractivity contribution in [2.75, 3.05) is 19.6 Å². The van der Waals surface area contributed by atoms with Gasteiger partial charge in [0.1, 0.15) is 0 Å².